The van der Waals surface area contributed by atoms with Crippen molar-refractivity contribution >= 4 is 28.9 Å². The number of benzene rings is 2. The van der Waals surface area contributed by atoms with Gasteiger partial charge in [0.15, 0.2) is 0 Å². The summed E-state index contributed by atoms with van der Waals surface area (Å²) in [6, 6.07) is 17.6. The van der Waals surface area contributed by atoms with Crippen LogP contribution in [0.3, 0.4) is 0 Å². The Balaban J connectivity index is 1.88. The van der Waals surface area contributed by atoms with E-state index in [4.69, 9.17) is 0 Å². The zero-order chi connectivity index (χ0) is 19.9. The number of alkyl halides is 2. The van der Waals surface area contributed by atoms with E-state index in [0.29, 0.717) is 12.1 Å². The Hall–Kier alpha value is -2.99. The minimum atomic E-state index is -2.87. The van der Waals surface area contributed by atoms with Crippen molar-refractivity contribution in [1.29, 1.82) is 0 Å². The van der Waals surface area contributed by atoms with Crippen molar-refractivity contribution in [3.8, 4) is 5.75 Å². The third-order valence-corrected chi connectivity index (χ3v) is 4.81. The lowest BCUT2D eigenvalue weighted by atomic mass is 10.0. The topological polar surface area (TPSA) is 29.5 Å². The van der Waals surface area contributed by atoms with Crippen LogP contribution in [-0.2, 0) is 11.3 Å². The Morgan fingerprint density at radius 3 is 2.43 bits per heavy atom. The molecule has 2 aromatic carbocycles. The van der Waals surface area contributed by atoms with E-state index in [0.717, 1.165) is 16.7 Å². The third-order valence-electron chi connectivity index (χ3n) is 4.08. The van der Waals surface area contributed by atoms with Crippen LogP contribution in [0.25, 0.3) is 11.6 Å². The summed E-state index contributed by atoms with van der Waals surface area (Å²) >= 11 is 1.59. The fourth-order valence-corrected chi connectivity index (χ4v) is 3.39. The Morgan fingerprint density at radius 2 is 1.82 bits per heavy atom. The molecule has 1 aromatic heterocycles. The predicted molar refractivity (Wildman–Crippen MR) is 108 cm³/mol. The number of amides is 1. The fourth-order valence-electron chi connectivity index (χ4n) is 2.73. The lowest BCUT2D eigenvalue weighted by Crippen LogP contribution is -2.26. The molecule has 0 fully saturated rings. The quantitative estimate of drug-likeness (QED) is 0.385. The highest BCUT2D eigenvalue weighted by atomic mass is 32.1. The van der Waals surface area contributed by atoms with E-state index >= 15 is 0 Å². The predicted octanol–water partition coefficient (Wildman–Crippen LogP) is 5.55. The first kappa shape index (κ1) is 19.8. The van der Waals surface area contributed by atoms with Gasteiger partial charge in [-0.3, -0.25) is 4.79 Å². The van der Waals surface area contributed by atoms with Crippen LogP contribution in [0.4, 0.5) is 8.78 Å². The van der Waals surface area contributed by atoms with Crippen molar-refractivity contribution in [1.82, 2.24) is 4.90 Å². The number of rotatable bonds is 7. The molecule has 1 heterocycles. The van der Waals surface area contributed by atoms with Gasteiger partial charge in [0.25, 0.3) is 5.91 Å². The molecular formula is C22H19F2NO2S. The average Bonchev–Trinajstić information content (AvgIpc) is 3.20. The molecule has 28 heavy (non-hydrogen) atoms. The Bertz CT molecular complexity index is 923. The van der Waals surface area contributed by atoms with Crippen molar-refractivity contribution in [2.75, 3.05) is 7.05 Å². The monoisotopic (exact) mass is 399 g/mol. The number of likely N-dealkylation sites (N-methyl/N-ethyl adjacent to an activating group) is 1. The molecule has 0 bridgehead atoms. The van der Waals surface area contributed by atoms with Crippen LogP contribution < -0.4 is 4.74 Å². The second kappa shape index (κ2) is 9.28. The summed E-state index contributed by atoms with van der Waals surface area (Å²) in [6.07, 6.45) is 1.76. The molecule has 0 atom stereocenters. The van der Waals surface area contributed by atoms with Gasteiger partial charge < -0.3 is 9.64 Å². The molecule has 144 valence electrons. The van der Waals surface area contributed by atoms with Crippen molar-refractivity contribution in [3.05, 3.63) is 88.1 Å². The molecule has 0 saturated carbocycles. The number of hydrogen-bond donors (Lipinski definition) is 0. The molecule has 0 unspecified atom stereocenters. The van der Waals surface area contributed by atoms with E-state index in [1.807, 2.05) is 47.2 Å². The molecule has 3 aromatic rings. The molecule has 0 N–H and O–H groups in total. The summed E-state index contributed by atoms with van der Waals surface area (Å²) in [7, 11) is 1.76. The highest BCUT2D eigenvalue weighted by molar-refractivity contribution is 7.07. The van der Waals surface area contributed by atoms with Gasteiger partial charge in [0.1, 0.15) is 5.75 Å². The molecule has 0 aliphatic carbocycles. The largest absolute Gasteiger partial charge is 0.435 e. The Morgan fingerprint density at radius 1 is 1.11 bits per heavy atom. The van der Waals surface area contributed by atoms with Crippen LogP contribution in [0, 0.1) is 0 Å². The molecule has 3 nitrogen and oxygen atoms in total. The fraction of sp³-hybridized carbons (Fsp3) is 0.136. The highest BCUT2D eigenvalue weighted by Gasteiger charge is 2.17. The lowest BCUT2D eigenvalue weighted by Gasteiger charge is -2.19. The summed E-state index contributed by atoms with van der Waals surface area (Å²) in [6.45, 7) is -2.36. The van der Waals surface area contributed by atoms with Gasteiger partial charge >= 0.3 is 6.61 Å². The third kappa shape index (κ3) is 5.27. The molecule has 3 rings (SSSR count). The van der Waals surface area contributed by atoms with Gasteiger partial charge in [-0.25, -0.2) is 0 Å². The van der Waals surface area contributed by atoms with Crippen LogP contribution in [0.5, 0.6) is 5.75 Å². The minimum absolute atomic E-state index is 0.0781. The van der Waals surface area contributed by atoms with E-state index in [9.17, 15) is 13.6 Å². The molecule has 0 saturated heterocycles. The van der Waals surface area contributed by atoms with E-state index < -0.39 is 6.61 Å². The molecule has 0 radical (unpaired) electrons. The van der Waals surface area contributed by atoms with Crippen molar-refractivity contribution in [3.63, 3.8) is 0 Å². The van der Waals surface area contributed by atoms with Gasteiger partial charge in [-0.15, -0.1) is 0 Å². The van der Waals surface area contributed by atoms with Crippen molar-refractivity contribution in [2.24, 2.45) is 0 Å². The van der Waals surface area contributed by atoms with Gasteiger partial charge in [0, 0.05) is 19.2 Å². The number of thiophene rings is 1. The van der Waals surface area contributed by atoms with Gasteiger partial charge in [-0.05, 0) is 51.7 Å². The standard InChI is InChI=1S/C22H19F2NO2S/c1-25(14-17-11-12-28-15-17)21(26)20(18-5-3-2-4-6-18)13-16-7-9-19(10-8-16)27-22(23)24/h2-13,15,22H,14H2,1H3/b20-13+. The Labute approximate surface area is 166 Å². The van der Waals surface area contributed by atoms with Gasteiger partial charge in [-0.2, -0.15) is 20.1 Å². The normalized spacial score (nSPS) is 11.5. The number of hydrogen-bond acceptors (Lipinski definition) is 3. The molecular weight excluding hydrogens is 380 g/mol. The summed E-state index contributed by atoms with van der Waals surface area (Å²) in [5, 5.41) is 3.99. The van der Waals surface area contributed by atoms with E-state index in [1.54, 1.807) is 41.5 Å². The van der Waals surface area contributed by atoms with Crippen LogP contribution in [0.2, 0.25) is 0 Å². The maximum atomic E-state index is 13.1. The number of nitrogens with zero attached hydrogens (tertiary/aromatic N) is 1. The average molecular weight is 399 g/mol. The van der Waals surface area contributed by atoms with E-state index in [2.05, 4.69) is 4.74 Å². The van der Waals surface area contributed by atoms with Gasteiger partial charge in [-0.1, -0.05) is 42.5 Å². The lowest BCUT2D eigenvalue weighted by molar-refractivity contribution is -0.124. The molecule has 0 spiro atoms. The first-order valence-corrected chi connectivity index (χ1v) is 9.56. The van der Waals surface area contributed by atoms with Crippen LogP contribution >= 0.6 is 11.3 Å². The number of ether oxygens (including phenoxy) is 1. The first-order valence-electron chi connectivity index (χ1n) is 8.61. The summed E-state index contributed by atoms with van der Waals surface area (Å²) < 4.78 is 29.0. The maximum absolute atomic E-state index is 13.1. The van der Waals surface area contributed by atoms with Crippen LogP contribution in [0.15, 0.2) is 71.4 Å². The number of halogens is 2. The molecule has 1 amide bonds. The van der Waals surface area contributed by atoms with Crippen molar-refractivity contribution < 1.29 is 18.3 Å². The highest BCUT2D eigenvalue weighted by Crippen LogP contribution is 2.23. The zero-order valence-electron chi connectivity index (χ0n) is 15.2. The minimum Gasteiger partial charge on any atom is -0.435 e. The molecule has 0 aliphatic rings. The Kier molecular flexibility index (Phi) is 6.55. The maximum Gasteiger partial charge on any atom is 0.387 e. The summed E-state index contributed by atoms with van der Waals surface area (Å²) in [4.78, 5) is 14.8. The zero-order valence-corrected chi connectivity index (χ0v) is 16.0. The van der Waals surface area contributed by atoms with E-state index in [1.165, 1.54) is 12.1 Å². The SMILES string of the molecule is CN(Cc1ccsc1)C(=O)/C(=C/c1ccc(OC(F)F)cc1)c1ccccc1. The summed E-state index contributed by atoms with van der Waals surface area (Å²) in [5.74, 6) is -0.0420. The van der Waals surface area contributed by atoms with Crippen LogP contribution in [-0.4, -0.2) is 24.5 Å². The second-order valence-corrected chi connectivity index (χ2v) is 6.94. The smallest absolute Gasteiger partial charge is 0.387 e. The van der Waals surface area contributed by atoms with E-state index in [-0.39, 0.29) is 11.7 Å². The second-order valence-electron chi connectivity index (χ2n) is 6.16. The van der Waals surface area contributed by atoms with Crippen LogP contribution in [0.1, 0.15) is 16.7 Å². The van der Waals surface area contributed by atoms with Gasteiger partial charge in [0.2, 0.25) is 0 Å². The van der Waals surface area contributed by atoms with Gasteiger partial charge in [0.05, 0.1) is 0 Å². The first-order chi connectivity index (χ1) is 13.5. The molecule has 0 aliphatic heterocycles. The van der Waals surface area contributed by atoms with Crippen molar-refractivity contribution in [2.45, 2.75) is 13.2 Å². The number of carbonyl (C=O) groups is 1. The number of carbonyl (C=O) groups excluding carboxylic acids is 1. The molecule has 6 heteroatoms. The summed E-state index contributed by atoms with van der Waals surface area (Å²) in [5.41, 5.74) is 3.11.